The Bertz CT molecular complexity index is 1120. The summed E-state index contributed by atoms with van der Waals surface area (Å²) in [5.41, 5.74) is 8.12. The van der Waals surface area contributed by atoms with Gasteiger partial charge < -0.3 is 14.0 Å². The zero-order valence-electron chi connectivity index (χ0n) is 18.1. The van der Waals surface area contributed by atoms with Crippen LogP contribution in [-0.4, -0.2) is 45.6 Å². The number of ether oxygens (including phenoxy) is 1. The number of aryl methyl sites for hydroxylation is 2. The lowest BCUT2D eigenvalue weighted by Crippen LogP contribution is -2.53. The molecule has 2 aliphatic heterocycles. The van der Waals surface area contributed by atoms with Crippen molar-refractivity contribution < 1.29 is 14.4 Å². The van der Waals surface area contributed by atoms with E-state index < -0.39 is 0 Å². The van der Waals surface area contributed by atoms with Crippen LogP contribution >= 0.6 is 0 Å². The molecule has 1 spiro atoms. The molecule has 7 heteroatoms. The summed E-state index contributed by atoms with van der Waals surface area (Å²) in [6.07, 6.45) is 7.47. The summed E-state index contributed by atoms with van der Waals surface area (Å²) in [5, 5.41) is 0. The van der Waals surface area contributed by atoms with Gasteiger partial charge >= 0.3 is 6.03 Å². The van der Waals surface area contributed by atoms with Crippen molar-refractivity contribution in [2.75, 3.05) is 19.7 Å². The van der Waals surface area contributed by atoms with E-state index in [1.54, 1.807) is 4.90 Å². The summed E-state index contributed by atoms with van der Waals surface area (Å²) in [4.78, 5) is 23.3. The van der Waals surface area contributed by atoms with Crippen LogP contribution in [0.5, 0.6) is 5.75 Å². The first-order valence-corrected chi connectivity index (χ1v) is 11.0. The molecule has 1 saturated heterocycles. The lowest BCUT2D eigenvalue weighted by Gasteiger charge is -2.44. The number of hydrogen-bond acceptors (Lipinski definition) is 4. The van der Waals surface area contributed by atoms with Crippen LogP contribution in [-0.2, 0) is 11.3 Å². The summed E-state index contributed by atoms with van der Waals surface area (Å²) in [7, 11) is 0. The number of piperidine rings is 1. The van der Waals surface area contributed by atoms with Gasteiger partial charge in [-0.2, -0.15) is 0 Å². The van der Waals surface area contributed by atoms with Crippen molar-refractivity contribution in [2.24, 2.45) is 0 Å². The van der Waals surface area contributed by atoms with Gasteiger partial charge in [-0.05, 0) is 62.1 Å². The number of likely N-dealkylation sites (tertiary alicyclic amines) is 1. The minimum absolute atomic E-state index is 0.164. The number of amides is 2. The molecule has 4 heterocycles. The molecule has 0 atom stereocenters. The van der Waals surface area contributed by atoms with Gasteiger partial charge in [0.1, 0.15) is 17.0 Å². The van der Waals surface area contributed by atoms with Gasteiger partial charge in [-0.25, -0.2) is 15.3 Å². The smallest absolute Gasteiger partial charge is 0.341 e. The van der Waals surface area contributed by atoms with E-state index >= 15 is 0 Å². The van der Waals surface area contributed by atoms with Crippen molar-refractivity contribution in [1.29, 1.82) is 0 Å². The number of aromatic nitrogens is 2. The minimum Gasteiger partial charge on any atom is -0.487 e. The van der Waals surface area contributed by atoms with Gasteiger partial charge in [-0.3, -0.25) is 4.84 Å². The van der Waals surface area contributed by atoms with Gasteiger partial charge in [0.2, 0.25) is 0 Å². The van der Waals surface area contributed by atoms with Crippen LogP contribution in [0.25, 0.3) is 16.8 Å². The van der Waals surface area contributed by atoms with Gasteiger partial charge in [0.15, 0.2) is 0 Å². The lowest BCUT2D eigenvalue weighted by atomic mass is 9.82. The molecular weight excluding hydrogens is 392 g/mol. The summed E-state index contributed by atoms with van der Waals surface area (Å²) in [5.74, 6) is 0.976. The number of carbonyl (C=O) groups is 1. The van der Waals surface area contributed by atoms with E-state index in [1.165, 1.54) is 22.4 Å². The molecule has 2 aromatic heterocycles. The number of carbonyl (C=O) groups excluding carboxylic acids is 1. The number of benzene rings is 1. The summed E-state index contributed by atoms with van der Waals surface area (Å²) >= 11 is 0. The third-order valence-electron chi connectivity index (χ3n) is 6.63. The van der Waals surface area contributed by atoms with E-state index in [0.29, 0.717) is 19.7 Å². The second-order valence-corrected chi connectivity index (χ2v) is 8.42. The predicted octanol–water partition coefficient (Wildman–Crippen LogP) is 4.13. The van der Waals surface area contributed by atoms with Crippen LogP contribution in [0, 0.1) is 6.92 Å². The number of fused-ring (bicyclic) bond motifs is 2. The van der Waals surface area contributed by atoms with E-state index in [-0.39, 0.29) is 11.6 Å². The first-order valence-electron chi connectivity index (χ1n) is 11.0. The summed E-state index contributed by atoms with van der Waals surface area (Å²) < 4.78 is 8.66. The van der Waals surface area contributed by atoms with Crippen LogP contribution < -0.4 is 10.2 Å². The number of imidazole rings is 1. The molecule has 1 N–H and O–H groups in total. The maximum Gasteiger partial charge on any atom is 0.341 e. The highest BCUT2D eigenvalue weighted by Gasteiger charge is 2.40. The minimum atomic E-state index is -0.178. The highest BCUT2D eigenvalue weighted by Crippen LogP contribution is 2.41. The van der Waals surface area contributed by atoms with Crippen LogP contribution in [0.15, 0.2) is 42.7 Å². The van der Waals surface area contributed by atoms with Crippen molar-refractivity contribution >= 4 is 11.7 Å². The monoisotopic (exact) mass is 420 g/mol. The topological polar surface area (TPSA) is 68.1 Å². The summed E-state index contributed by atoms with van der Waals surface area (Å²) in [6.45, 7) is 5.79. The third kappa shape index (κ3) is 3.63. The molecule has 5 rings (SSSR count). The molecule has 1 fully saturated rings. The molecule has 2 amide bonds. The molecule has 0 radical (unpaired) electrons. The van der Waals surface area contributed by atoms with Crippen molar-refractivity contribution in [3.8, 4) is 16.9 Å². The van der Waals surface area contributed by atoms with Crippen LogP contribution in [0.4, 0.5) is 4.79 Å². The van der Waals surface area contributed by atoms with Crippen molar-refractivity contribution in [1.82, 2.24) is 19.8 Å². The molecule has 0 saturated carbocycles. The van der Waals surface area contributed by atoms with E-state index in [0.717, 1.165) is 37.1 Å². The van der Waals surface area contributed by atoms with Crippen LogP contribution in [0.2, 0.25) is 0 Å². The Labute approximate surface area is 181 Å². The van der Waals surface area contributed by atoms with Crippen molar-refractivity contribution in [3.63, 3.8) is 0 Å². The lowest BCUT2D eigenvalue weighted by molar-refractivity contribution is -0.0131. The maximum absolute atomic E-state index is 12.1. The fourth-order valence-electron chi connectivity index (χ4n) is 4.79. The maximum atomic E-state index is 12.1. The van der Waals surface area contributed by atoms with E-state index in [2.05, 4.69) is 52.1 Å². The van der Waals surface area contributed by atoms with E-state index in [9.17, 15) is 4.79 Å². The van der Waals surface area contributed by atoms with Crippen LogP contribution in [0.3, 0.4) is 0 Å². The number of pyridine rings is 1. The Balaban J connectivity index is 1.32. The first kappa shape index (κ1) is 19.9. The van der Waals surface area contributed by atoms with Crippen molar-refractivity contribution in [3.05, 3.63) is 54.0 Å². The normalized spacial score (nSPS) is 17.4. The third-order valence-corrected chi connectivity index (χ3v) is 6.63. The van der Waals surface area contributed by atoms with Gasteiger partial charge in [0.25, 0.3) is 0 Å². The van der Waals surface area contributed by atoms with Gasteiger partial charge in [0, 0.05) is 49.6 Å². The fraction of sp³-hybridized carbons (Fsp3) is 0.417. The Hall–Kier alpha value is -3.06. The molecule has 3 aromatic rings. The molecule has 31 heavy (non-hydrogen) atoms. The molecule has 2 aliphatic rings. The van der Waals surface area contributed by atoms with E-state index in [1.807, 2.05) is 19.3 Å². The van der Waals surface area contributed by atoms with Gasteiger partial charge in [0.05, 0.1) is 6.61 Å². The second-order valence-electron chi connectivity index (χ2n) is 8.42. The SMILES string of the molecule is CCONC(=O)N1CCC2(CCc3cc(-c4ccc5nccn5c4C)ccc3O2)CC1. The molecule has 0 unspecified atom stereocenters. The summed E-state index contributed by atoms with van der Waals surface area (Å²) in [6, 6.07) is 10.6. The number of nitrogens with one attached hydrogen (secondary N) is 1. The highest BCUT2D eigenvalue weighted by molar-refractivity contribution is 5.73. The Morgan fingerprint density at radius 2 is 2.06 bits per heavy atom. The number of urea groups is 1. The fourth-order valence-corrected chi connectivity index (χ4v) is 4.79. The quantitative estimate of drug-likeness (QED) is 0.647. The molecule has 1 aromatic carbocycles. The van der Waals surface area contributed by atoms with E-state index in [4.69, 9.17) is 9.57 Å². The average Bonchev–Trinajstić information content (AvgIpc) is 3.28. The first-order chi connectivity index (χ1) is 15.1. The molecule has 0 bridgehead atoms. The molecule has 0 aliphatic carbocycles. The number of nitrogens with zero attached hydrogens (tertiary/aromatic N) is 3. The van der Waals surface area contributed by atoms with Crippen molar-refractivity contribution in [2.45, 2.75) is 45.1 Å². The Kier molecular flexibility index (Phi) is 5.06. The van der Waals surface area contributed by atoms with Gasteiger partial charge in [-0.15, -0.1) is 0 Å². The zero-order chi connectivity index (χ0) is 21.4. The van der Waals surface area contributed by atoms with Crippen LogP contribution in [0.1, 0.15) is 37.4 Å². The number of hydroxylamine groups is 1. The number of rotatable bonds is 3. The Morgan fingerprint density at radius 1 is 1.23 bits per heavy atom. The zero-order valence-corrected chi connectivity index (χ0v) is 18.1. The standard InChI is InChI=1S/C24H28N4O3/c1-3-30-26-23(29)27-13-10-24(11-14-27)9-8-19-16-18(4-6-21(19)31-24)20-5-7-22-25-12-15-28(22)17(20)2/h4-7,12,15-16H,3,8-11,13-14H2,1-2H3,(H,26,29). The average molecular weight is 421 g/mol. The largest absolute Gasteiger partial charge is 0.487 e. The Morgan fingerprint density at radius 3 is 2.87 bits per heavy atom. The number of hydrogen-bond donors (Lipinski definition) is 1. The molecule has 7 nitrogen and oxygen atoms in total. The predicted molar refractivity (Wildman–Crippen MR) is 118 cm³/mol. The molecule has 162 valence electrons. The molecular formula is C24H28N4O3. The second kappa shape index (κ2) is 7.89. The highest BCUT2D eigenvalue weighted by atomic mass is 16.7. The van der Waals surface area contributed by atoms with Gasteiger partial charge in [-0.1, -0.05) is 6.07 Å².